The average Bonchev–Trinajstić information content (AvgIpc) is 3.24. The van der Waals surface area contributed by atoms with Crippen LogP contribution in [0.3, 0.4) is 0 Å². The Hall–Kier alpha value is -2.87. The lowest BCUT2D eigenvalue weighted by Gasteiger charge is -2.27. The van der Waals surface area contributed by atoms with Gasteiger partial charge in [-0.1, -0.05) is 12.1 Å². The molecule has 1 N–H and O–H groups in total. The molecule has 2 amide bonds. The molecule has 0 radical (unpaired) electrons. The van der Waals surface area contributed by atoms with E-state index in [1.54, 1.807) is 23.1 Å². The van der Waals surface area contributed by atoms with Gasteiger partial charge in [0, 0.05) is 38.2 Å². The van der Waals surface area contributed by atoms with Crippen molar-refractivity contribution in [2.45, 2.75) is 57.3 Å². The molecular formula is C25H31N3O4S. The Morgan fingerprint density at radius 2 is 1.67 bits per heavy atom. The van der Waals surface area contributed by atoms with Crippen molar-refractivity contribution in [1.82, 2.24) is 4.90 Å². The molecule has 1 fully saturated rings. The van der Waals surface area contributed by atoms with E-state index >= 15 is 0 Å². The molecule has 1 saturated heterocycles. The number of piperidine rings is 1. The summed E-state index contributed by atoms with van der Waals surface area (Å²) in [6.45, 7) is 5.89. The van der Waals surface area contributed by atoms with Gasteiger partial charge in [0.25, 0.3) is 10.0 Å². The van der Waals surface area contributed by atoms with E-state index < -0.39 is 10.0 Å². The predicted molar refractivity (Wildman–Crippen MR) is 129 cm³/mol. The van der Waals surface area contributed by atoms with E-state index in [1.807, 2.05) is 30.9 Å². The van der Waals surface area contributed by atoms with Crippen LogP contribution in [0.25, 0.3) is 0 Å². The number of likely N-dealkylation sites (tertiary alicyclic amines) is 1. The Morgan fingerprint density at radius 3 is 2.42 bits per heavy atom. The van der Waals surface area contributed by atoms with E-state index in [0.717, 1.165) is 54.7 Å². The van der Waals surface area contributed by atoms with Crippen LogP contribution in [0, 0.1) is 13.8 Å². The second-order valence-electron chi connectivity index (χ2n) is 8.88. The first-order valence-electron chi connectivity index (χ1n) is 11.6. The number of amides is 2. The third-order valence-corrected chi connectivity index (χ3v) is 8.03. The minimum Gasteiger partial charge on any atom is -0.343 e. The molecule has 2 aliphatic heterocycles. The zero-order valence-corrected chi connectivity index (χ0v) is 20.1. The van der Waals surface area contributed by atoms with Crippen LogP contribution in [0.4, 0.5) is 11.4 Å². The maximum atomic E-state index is 13.0. The zero-order chi connectivity index (χ0) is 23.6. The fraction of sp³-hybridized carbons (Fsp3) is 0.440. The molecule has 2 aliphatic rings. The highest BCUT2D eigenvalue weighted by Crippen LogP contribution is 2.32. The topological polar surface area (TPSA) is 86.8 Å². The van der Waals surface area contributed by atoms with Gasteiger partial charge in [-0.05, 0) is 80.5 Å². The van der Waals surface area contributed by atoms with E-state index in [4.69, 9.17) is 0 Å². The van der Waals surface area contributed by atoms with Gasteiger partial charge in [-0.2, -0.15) is 0 Å². The fourth-order valence-electron chi connectivity index (χ4n) is 4.52. The molecule has 7 nitrogen and oxygen atoms in total. The van der Waals surface area contributed by atoms with Crippen LogP contribution >= 0.6 is 0 Å². The van der Waals surface area contributed by atoms with E-state index in [-0.39, 0.29) is 29.6 Å². The second kappa shape index (κ2) is 9.55. The highest BCUT2D eigenvalue weighted by atomic mass is 32.2. The molecule has 2 aromatic rings. The molecule has 0 unspecified atom stereocenters. The number of fused-ring (bicyclic) bond motifs is 1. The lowest BCUT2D eigenvalue weighted by atomic mass is 10.1. The first-order valence-corrected chi connectivity index (χ1v) is 13.0. The van der Waals surface area contributed by atoms with Crippen molar-refractivity contribution in [3.63, 3.8) is 0 Å². The van der Waals surface area contributed by atoms with Gasteiger partial charge in [0.05, 0.1) is 10.6 Å². The molecule has 0 bridgehead atoms. The summed E-state index contributed by atoms with van der Waals surface area (Å²) in [5.74, 6) is -0.0512. The maximum absolute atomic E-state index is 13.0. The number of anilines is 2. The van der Waals surface area contributed by atoms with Gasteiger partial charge in [0.15, 0.2) is 0 Å². The van der Waals surface area contributed by atoms with Crippen LogP contribution in [0.1, 0.15) is 48.8 Å². The van der Waals surface area contributed by atoms with E-state index in [1.165, 1.54) is 6.07 Å². The minimum absolute atomic E-state index is 0.0430. The summed E-state index contributed by atoms with van der Waals surface area (Å²) in [4.78, 5) is 28.9. The van der Waals surface area contributed by atoms with Gasteiger partial charge >= 0.3 is 0 Å². The standard InChI is InChI=1S/C25H31N3O4S/c1-18-7-6-8-22(19(18)2)26-33(31,32)21-9-10-23-20(17-21)13-16-28(23)25(30)12-11-24(29)27-14-4-3-5-15-27/h6-10,17,26H,3-5,11-16H2,1-2H3. The van der Waals surface area contributed by atoms with Gasteiger partial charge in [-0.3, -0.25) is 14.3 Å². The Labute approximate surface area is 195 Å². The van der Waals surface area contributed by atoms with Crippen LogP contribution in [0.2, 0.25) is 0 Å². The summed E-state index contributed by atoms with van der Waals surface area (Å²) < 4.78 is 28.6. The monoisotopic (exact) mass is 469 g/mol. The lowest BCUT2D eigenvalue weighted by molar-refractivity contribution is -0.133. The number of nitrogens with one attached hydrogen (secondary N) is 1. The van der Waals surface area contributed by atoms with Crippen LogP contribution in [-0.2, 0) is 26.0 Å². The smallest absolute Gasteiger partial charge is 0.261 e. The molecule has 0 spiro atoms. The number of rotatable bonds is 6. The molecule has 2 heterocycles. The highest BCUT2D eigenvalue weighted by Gasteiger charge is 2.28. The highest BCUT2D eigenvalue weighted by molar-refractivity contribution is 7.92. The minimum atomic E-state index is -3.75. The summed E-state index contributed by atoms with van der Waals surface area (Å²) in [6, 6.07) is 10.4. The van der Waals surface area contributed by atoms with Crippen LogP contribution in [-0.4, -0.2) is 44.8 Å². The summed E-state index contributed by atoms with van der Waals surface area (Å²) in [5.41, 5.74) is 4.02. The number of hydrogen-bond donors (Lipinski definition) is 1. The number of sulfonamides is 1. The predicted octanol–water partition coefficient (Wildman–Crippen LogP) is 3.79. The number of hydrogen-bond acceptors (Lipinski definition) is 4. The third-order valence-electron chi connectivity index (χ3n) is 6.67. The zero-order valence-electron chi connectivity index (χ0n) is 19.3. The average molecular weight is 470 g/mol. The van der Waals surface area contributed by atoms with Crippen molar-refractivity contribution in [3.8, 4) is 0 Å². The van der Waals surface area contributed by atoms with Crippen LogP contribution < -0.4 is 9.62 Å². The quantitative estimate of drug-likeness (QED) is 0.697. The van der Waals surface area contributed by atoms with Gasteiger partial charge in [-0.25, -0.2) is 8.42 Å². The van der Waals surface area contributed by atoms with E-state index in [0.29, 0.717) is 18.7 Å². The van der Waals surface area contributed by atoms with Crippen LogP contribution in [0.15, 0.2) is 41.3 Å². The van der Waals surface area contributed by atoms with Crippen molar-refractivity contribution < 1.29 is 18.0 Å². The molecule has 0 atom stereocenters. The molecule has 0 saturated carbocycles. The lowest BCUT2D eigenvalue weighted by Crippen LogP contribution is -2.37. The third kappa shape index (κ3) is 5.05. The normalized spacial score (nSPS) is 15.9. The van der Waals surface area contributed by atoms with Crippen molar-refractivity contribution in [1.29, 1.82) is 0 Å². The first-order chi connectivity index (χ1) is 15.8. The summed E-state index contributed by atoms with van der Waals surface area (Å²) in [5, 5.41) is 0. The van der Waals surface area contributed by atoms with Crippen molar-refractivity contribution in [2.24, 2.45) is 0 Å². The van der Waals surface area contributed by atoms with Gasteiger partial charge < -0.3 is 9.80 Å². The Bertz CT molecular complexity index is 1170. The van der Waals surface area contributed by atoms with Crippen LogP contribution in [0.5, 0.6) is 0 Å². The first kappa shape index (κ1) is 23.3. The fourth-order valence-corrected chi connectivity index (χ4v) is 5.69. The molecule has 0 aromatic heterocycles. The number of carbonyl (C=O) groups excluding carboxylic acids is 2. The maximum Gasteiger partial charge on any atom is 0.261 e. The Morgan fingerprint density at radius 1 is 0.939 bits per heavy atom. The number of benzene rings is 2. The van der Waals surface area contributed by atoms with Gasteiger partial charge in [0.1, 0.15) is 0 Å². The molecule has 4 rings (SSSR count). The molecule has 176 valence electrons. The van der Waals surface area contributed by atoms with Gasteiger partial charge in [0.2, 0.25) is 11.8 Å². The molecular weight excluding hydrogens is 438 g/mol. The van der Waals surface area contributed by atoms with Crippen molar-refractivity contribution in [2.75, 3.05) is 29.3 Å². The SMILES string of the molecule is Cc1cccc(NS(=O)(=O)c2ccc3c(c2)CCN3C(=O)CCC(=O)N2CCCCC2)c1C. The number of aryl methyl sites for hydroxylation is 1. The Balaban J connectivity index is 1.43. The molecule has 2 aromatic carbocycles. The second-order valence-corrected chi connectivity index (χ2v) is 10.6. The van der Waals surface area contributed by atoms with E-state index in [9.17, 15) is 18.0 Å². The largest absolute Gasteiger partial charge is 0.343 e. The van der Waals surface area contributed by atoms with E-state index in [2.05, 4.69) is 4.72 Å². The summed E-state index contributed by atoms with van der Waals surface area (Å²) >= 11 is 0. The van der Waals surface area contributed by atoms with Crippen molar-refractivity contribution >= 4 is 33.2 Å². The van der Waals surface area contributed by atoms with Gasteiger partial charge in [-0.15, -0.1) is 0 Å². The number of nitrogens with zero attached hydrogens (tertiary/aromatic N) is 2. The van der Waals surface area contributed by atoms with Crippen molar-refractivity contribution in [3.05, 3.63) is 53.1 Å². The molecule has 8 heteroatoms. The molecule has 33 heavy (non-hydrogen) atoms. The summed E-state index contributed by atoms with van der Waals surface area (Å²) in [6.07, 6.45) is 4.20. The Kier molecular flexibility index (Phi) is 6.74. The number of carbonyl (C=O) groups is 2. The molecule has 0 aliphatic carbocycles. The summed E-state index contributed by atoms with van der Waals surface area (Å²) in [7, 11) is -3.75.